The number of thioether (sulfide) groups is 1. The summed E-state index contributed by atoms with van der Waals surface area (Å²) in [7, 11) is 6.63. The van der Waals surface area contributed by atoms with E-state index >= 15 is 28.8 Å². The smallest absolute Gasteiger partial charge is 0.304 e. The summed E-state index contributed by atoms with van der Waals surface area (Å²) >= 11 is 0.829. The zero-order chi connectivity index (χ0) is 92.0. The minimum atomic E-state index is -1.65. The largest absolute Gasteiger partial charge is 0.508 e. The summed E-state index contributed by atoms with van der Waals surface area (Å²) in [5, 5.41) is 50.3. The van der Waals surface area contributed by atoms with E-state index in [1.54, 1.807) is 135 Å². The molecule has 0 unspecified atom stereocenters. The predicted octanol–water partition coefficient (Wildman–Crippen LogP) is 3.48. The number of Topliss-reactive ketones (excluding diaryl/α,β-unsaturated/α-hetero) is 2. The van der Waals surface area contributed by atoms with Gasteiger partial charge in [-0.05, 0) is 89.4 Å². The number of carbonyl (C=O) groups excluding carboxylic acids is 15. The first-order valence-electron chi connectivity index (χ1n) is 41.7. The summed E-state index contributed by atoms with van der Waals surface area (Å²) in [6.45, 7) is 4.19. The van der Waals surface area contributed by atoms with Gasteiger partial charge in [0.05, 0.1) is 43.8 Å². The van der Waals surface area contributed by atoms with Crippen LogP contribution in [-0.4, -0.2) is 260 Å². The van der Waals surface area contributed by atoms with Crippen LogP contribution in [0.2, 0.25) is 0 Å². The number of fused-ring (bicyclic) bond motifs is 1. The van der Waals surface area contributed by atoms with Gasteiger partial charge in [0.25, 0.3) is 0 Å². The second kappa shape index (κ2) is 47.6. The number of carbonyl (C=O) groups is 16. The van der Waals surface area contributed by atoms with Gasteiger partial charge in [-0.1, -0.05) is 167 Å². The quantitative estimate of drug-likeness (QED) is 0.0490. The Hall–Kier alpha value is -13.3. The fourth-order valence-electron chi connectivity index (χ4n) is 14.9. The van der Waals surface area contributed by atoms with Crippen LogP contribution in [-0.2, 0) is 115 Å². The Balaban J connectivity index is 1.19. The first-order chi connectivity index (χ1) is 60.0. The number of aromatic hydroxyl groups is 2. The third-order valence-electron chi connectivity index (χ3n) is 22.0. The fraction of sp³-hybridized carbons (Fsp3) is 0.413. The van der Waals surface area contributed by atoms with E-state index in [0.29, 0.717) is 57.1 Å². The van der Waals surface area contributed by atoms with E-state index < -0.39 is 211 Å². The molecule has 7 aromatic rings. The van der Waals surface area contributed by atoms with Crippen molar-refractivity contribution in [1.29, 1.82) is 0 Å². The molecule has 13 amide bonds. The molecule has 0 saturated carbocycles. The molecular weight excluding hydrogens is 1640 g/mol. The van der Waals surface area contributed by atoms with E-state index in [-0.39, 0.29) is 62.2 Å². The highest BCUT2D eigenvalue weighted by Gasteiger charge is 2.42. The second-order valence-electron chi connectivity index (χ2n) is 32.2. The van der Waals surface area contributed by atoms with Gasteiger partial charge in [-0.2, -0.15) is 0 Å². The lowest BCUT2D eigenvalue weighted by Crippen LogP contribution is -2.59. The van der Waals surface area contributed by atoms with Crippen molar-refractivity contribution in [3.8, 4) is 11.5 Å². The van der Waals surface area contributed by atoms with Crippen molar-refractivity contribution in [3.05, 3.63) is 203 Å². The van der Waals surface area contributed by atoms with E-state index in [0.717, 1.165) is 26.5 Å². The number of aromatic amines is 1. The molecule has 33 nitrogen and oxygen atoms in total. The molecule has 1 saturated heterocycles. The van der Waals surface area contributed by atoms with Gasteiger partial charge < -0.3 is 87.8 Å². The van der Waals surface area contributed by atoms with Gasteiger partial charge in [0.2, 0.25) is 76.8 Å². The molecule has 0 aliphatic carbocycles. The van der Waals surface area contributed by atoms with Crippen LogP contribution in [0, 0.1) is 17.8 Å². The molecule has 0 radical (unpaired) electrons. The molecule has 1 fully saturated rings. The Morgan fingerprint density at radius 2 is 1.01 bits per heavy atom. The van der Waals surface area contributed by atoms with Gasteiger partial charge in [-0.3, -0.25) is 76.7 Å². The Labute approximate surface area is 735 Å². The standard InChI is InChI=1S/C92H114N14O19S/c1-10-11-31-74-90(123)102(5)51-67(109)45-63(48-81(114)115)85(118)101-82(55(2)3)92(125)105(8)75(43-58-25-17-13-18-26-58)87(120)99-71(42-61-34-38-66(108)39-35-61)88(121)103(6)52-79(112)97-70(46-64-49-94-69-30-22-21-29-68(64)69)77(110)47-62(40-60-32-36-65(107)37-33-60)84(117)96-56(4)83(116)100-73(86(119)95-50-78(93)111)53-126-54-80(113)98-72(41-57-23-15-12-16-24-57)89(122)106(9)76(91(124)104(74)7)44-59-27-19-14-20-28-59/h12-30,32-39,49,55-56,62-63,70-76,82,94,107-108H,10-11,31,40-48,50-54H2,1-9H3,(H2,93,111)(H,95,119)(H,96,117)(H,97,112)(H,98,113)(H,99,120)(H,100,116)(H,101,118)(H,114,115)/t56-,62+,63-,70-,71-,72-,73-,74-,75-,76-,82-/m0/s1. The van der Waals surface area contributed by atoms with Crippen LogP contribution < -0.4 is 43.0 Å². The molecule has 34 heteroatoms. The number of nitrogens with one attached hydrogen (secondary N) is 8. The number of H-pyrrole nitrogens is 1. The molecular formula is C92H114N14O19S. The van der Waals surface area contributed by atoms with Gasteiger partial charge in [-0.15, -0.1) is 11.8 Å². The van der Waals surface area contributed by atoms with Gasteiger partial charge in [-0.25, -0.2) is 0 Å². The number of aromatic nitrogens is 1. The van der Waals surface area contributed by atoms with Crippen LogP contribution in [0.1, 0.15) is 99.6 Å². The Bertz CT molecular complexity index is 4980. The molecule has 2 heterocycles. The van der Waals surface area contributed by atoms with Crippen molar-refractivity contribution < 1.29 is 92.0 Å². The van der Waals surface area contributed by atoms with Gasteiger partial charge in [0.15, 0.2) is 11.6 Å². The molecule has 672 valence electrons. The fourth-order valence-corrected chi connectivity index (χ4v) is 15.7. The van der Waals surface area contributed by atoms with Crippen molar-refractivity contribution in [3.63, 3.8) is 0 Å². The molecule has 0 spiro atoms. The number of primary amides is 1. The van der Waals surface area contributed by atoms with Crippen molar-refractivity contribution >= 4 is 117 Å². The Morgan fingerprint density at radius 1 is 0.500 bits per heavy atom. The number of rotatable bonds is 21. The number of phenols is 2. The number of ketones is 2. The van der Waals surface area contributed by atoms with Crippen molar-refractivity contribution in [1.82, 2.24) is 66.7 Å². The van der Waals surface area contributed by atoms with Crippen molar-refractivity contribution in [2.24, 2.45) is 23.5 Å². The Morgan fingerprint density at radius 3 is 1.58 bits per heavy atom. The van der Waals surface area contributed by atoms with Crippen molar-refractivity contribution in [2.75, 3.05) is 66.4 Å². The zero-order valence-electron chi connectivity index (χ0n) is 72.2. The lowest BCUT2D eigenvalue weighted by Gasteiger charge is -2.37. The number of para-hydroxylation sites is 1. The molecule has 1 aromatic heterocycles. The van der Waals surface area contributed by atoms with Crippen molar-refractivity contribution in [2.45, 2.75) is 159 Å². The summed E-state index contributed by atoms with van der Waals surface area (Å²) in [6, 6.07) is 31.3. The van der Waals surface area contributed by atoms with Gasteiger partial charge >= 0.3 is 5.97 Å². The molecule has 8 rings (SSSR count). The number of aliphatic carboxylic acids is 1. The molecule has 13 N–H and O–H groups in total. The third-order valence-corrected chi connectivity index (χ3v) is 23.1. The highest BCUT2D eigenvalue weighted by molar-refractivity contribution is 8.00. The number of hydrogen-bond donors (Lipinski definition) is 12. The molecule has 1 aliphatic heterocycles. The number of nitrogens with zero attached hydrogens (tertiary/aromatic N) is 5. The molecule has 126 heavy (non-hydrogen) atoms. The molecule has 1 aliphatic rings. The number of carboxylic acids is 1. The van der Waals surface area contributed by atoms with Crippen LogP contribution in [0.3, 0.4) is 0 Å². The molecule has 0 bridgehead atoms. The van der Waals surface area contributed by atoms with Crippen LogP contribution in [0.15, 0.2) is 170 Å². The SMILES string of the molecule is CCCC[C@H]1C(=O)N(C)CC(=O)C[C@@H](CC(=O)O)C(=O)N[C@@H](C(C)C)C(=O)N(C)[C@@H](Cc2ccccc2)C(=O)N[C@@H](Cc2ccc(O)cc2)C(=O)N(C)CC(=O)N[C@@H](Cc2c[nH]c3ccccc23)C(=O)C[C@@H](Cc2ccc(O)cc2)C(=O)N[C@@H](C)C(=O)N[C@H](C(=O)NCC(N)=O)CSCC(=O)N[C@@H](Cc2ccccc2)C(=O)N(C)[C@@H](Cc2ccccc2)C(=O)N1C. The maximum absolute atomic E-state index is 15.5. The highest BCUT2D eigenvalue weighted by atomic mass is 32.2. The van der Waals surface area contributed by atoms with Gasteiger partial charge in [0.1, 0.15) is 59.8 Å². The Kier molecular flexibility index (Phi) is 37.0. The second-order valence-corrected chi connectivity index (χ2v) is 33.3. The minimum absolute atomic E-state index is 0.0531. The monoisotopic (exact) mass is 1750 g/mol. The van der Waals surface area contributed by atoms with E-state index in [2.05, 4.69) is 42.2 Å². The topological polar surface area (TPSA) is 476 Å². The number of benzene rings is 6. The summed E-state index contributed by atoms with van der Waals surface area (Å²) in [4.78, 5) is 242. The summed E-state index contributed by atoms with van der Waals surface area (Å²) in [6.07, 6.45) is -0.768. The number of unbranched alkanes of at least 4 members (excludes halogenated alkanes) is 1. The minimum Gasteiger partial charge on any atom is -0.508 e. The van der Waals surface area contributed by atoms with Crippen LogP contribution >= 0.6 is 11.8 Å². The lowest BCUT2D eigenvalue weighted by atomic mass is 9.89. The average molecular weight is 1750 g/mol. The number of phenolic OH excluding ortho intramolecular Hbond substituents is 2. The first-order valence-corrected chi connectivity index (χ1v) is 42.9. The van der Waals surface area contributed by atoms with Gasteiger partial charge in [0, 0.05) is 109 Å². The number of amides is 13. The van der Waals surface area contributed by atoms with Crippen LogP contribution in [0.5, 0.6) is 11.5 Å². The number of carboxylic acid groups (broad SMARTS) is 1. The van der Waals surface area contributed by atoms with E-state index in [1.807, 2.05) is 6.92 Å². The third kappa shape index (κ3) is 29.2. The zero-order valence-corrected chi connectivity index (χ0v) is 73.0. The number of likely N-dealkylation sites (N-methyl/N-ethyl adjacent to an activating group) is 5. The van der Waals surface area contributed by atoms with E-state index in [4.69, 9.17) is 5.73 Å². The number of hydrogen-bond acceptors (Lipinski definition) is 19. The van der Waals surface area contributed by atoms with Crippen LogP contribution in [0.4, 0.5) is 0 Å². The van der Waals surface area contributed by atoms with Crippen LogP contribution in [0.25, 0.3) is 10.9 Å². The molecule has 6 aromatic carbocycles. The first kappa shape index (κ1) is 98.2. The summed E-state index contributed by atoms with van der Waals surface area (Å²) in [5.74, 6) is -19.0. The predicted molar refractivity (Wildman–Crippen MR) is 471 cm³/mol. The normalized spacial score (nSPS) is 22.2. The average Bonchev–Trinajstić information content (AvgIpc) is 1.54. The van der Waals surface area contributed by atoms with E-state index in [9.17, 15) is 63.3 Å². The maximum atomic E-state index is 15.5. The highest BCUT2D eigenvalue weighted by Crippen LogP contribution is 2.26. The summed E-state index contributed by atoms with van der Waals surface area (Å²) in [5.41, 5.74) is 9.23. The molecule has 11 atom stereocenters. The lowest BCUT2D eigenvalue weighted by molar-refractivity contribution is -0.151. The number of nitrogens with two attached hydrogens (primary N) is 1. The summed E-state index contributed by atoms with van der Waals surface area (Å²) < 4.78 is 0. The maximum Gasteiger partial charge on any atom is 0.304 e. The van der Waals surface area contributed by atoms with E-state index in [1.165, 1.54) is 100 Å².